The van der Waals surface area contributed by atoms with Gasteiger partial charge in [0.25, 0.3) is 5.97 Å². The van der Waals surface area contributed by atoms with Crippen molar-refractivity contribution in [2.24, 2.45) is 0 Å². The van der Waals surface area contributed by atoms with E-state index in [9.17, 15) is 0 Å². The Bertz CT molecular complexity index is 394. The van der Waals surface area contributed by atoms with E-state index in [2.05, 4.69) is 14.9 Å². The molecule has 1 aromatic carbocycles. The van der Waals surface area contributed by atoms with Gasteiger partial charge in [-0.15, -0.1) is 5.10 Å². The van der Waals surface area contributed by atoms with Gasteiger partial charge in [-0.1, -0.05) is 30.3 Å². The molecule has 0 fully saturated rings. The van der Waals surface area contributed by atoms with Crippen molar-refractivity contribution >= 4 is 5.97 Å². The van der Waals surface area contributed by atoms with Crippen molar-refractivity contribution < 1.29 is 14.4 Å². The topological polar surface area (TPSA) is 76.2 Å². The fourth-order valence-corrected chi connectivity index (χ4v) is 0.899. The van der Waals surface area contributed by atoms with Crippen molar-refractivity contribution in [2.45, 2.75) is 6.92 Å². The quantitative estimate of drug-likeness (QED) is 0.770. The number of hydrogen-bond acceptors (Lipinski definition) is 4. The number of nitrogens with zero attached hydrogens (tertiary/aromatic N) is 2. The molecule has 0 atom stereocenters. The smallest absolute Gasteiger partial charge is 0.300 e. The minimum atomic E-state index is -0.833. The first-order chi connectivity index (χ1) is 7.20. The Balaban J connectivity index is 0.000000245. The summed E-state index contributed by atoms with van der Waals surface area (Å²) in [5, 5.41) is 14.6. The maximum Gasteiger partial charge on any atom is 0.300 e. The molecule has 1 aromatic heterocycles. The molecule has 0 aliphatic heterocycles. The summed E-state index contributed by atoms with van der Waals surface area (Å²) >= 11 is 0. The zero-order chi connectivity index (χ0) is 11.1. The van der Waals surface area contributed by atoms with Crippen LogP contribution in [0, 0.1) is 0 Å². The van der Waals surface area contributed by atoms with E-state index in [1.165, 1.54) is 6.26 Å². The Kier molecular flexibility index (Phi) is 4.03. The minimum absolute atomic E-state index is 0.769. The maximum atomic E-state index is 9.00. The van der Waals surface area contributed by atoms with Crippen molar-refractivity contribution in [1.29, 1.82) is 0 Å². The Morgan fingerprint density at radius 1 is 1.33 bits per heavy atom. The third-order valence-corrected chi connectivity index (χ3v) is 1.43. The van der Waals surface area contributed by atoms with Gasteiger partial charge >= 0.3 is 0 Å². The highest BCUT2D eigenvalue weighted by Gasteiger charge is 1.98. The van der Waals surface area contributed by atoms with Gasteiger partial charge in [0.05, 0.1) is 0 Å². The summed E-state index contributed by atoms with van der Waals surface area (Å²) in [5.74, 6) is -0.833. The highest BCUT2D eigenvalue weighted by molar-refractivity contribution is 5.63. The number of aromatic nitrogens is 2. The summed E-state index contributed by atoms with van der Waals surface area (Å²) in [6.45, 7) is 1.08. The van der Waals surface area contributed by atoms with Crippen LogP contribution in [0.15, 0.2) is 41.1 Å². The van der Waals surface area contributed by atoms with Gasteiger partial charge in [-0.25, -0.2) is 0 Å². The van der Waals surface area contributed by atoms with Crippen LogP contribution >= 0.6 is 0 Å². The summed E-state index contributed by atoms with van der Waals surface area (Å²) in [4.78, 5) is 9.00. The SMILES string of the molecule is CC(=O)O.c1ccc(-c2conn2)cc1. The molecular formula is C10H10N2O3. The second-order valence-electron chi connectivity index (χ2n) is 2.68. The molecule has 0 amide bonds. The molecule has 0 aliphatic carbocycles. The molecule has 0 bridgehead atoms. The fourth-order valence-electron chi connectivity index (χ4n) is 0.899. The van der Waals surface area contributed by atoms with Crippen molar-refractivity contribution in [1.82, 2.24) is 10.4 Å². The first kappa shape index (κ1) is 10.9. The van der Waals surface area contributed by atoms with Crippen LogP contribution in [0.3, 0.4) is 0 Å². The number of hydrogen-bond donors (Lipinski definition) is 1. The molecule has 0 aliphatic rings. The van der Waals surface area contributed by atoms with Crippen LogP contribution in [0.4, 0.5) is 0 Å². The average molecular weight is 206 g/mol. The van der Waals surface area contributed by atoms with E-state index in [1.54, 1.807) is 0 Å². The number of aliphatic carboxylic acids is 1. The van der Waals surface area contributed by atoms with Gasteiger partial charge in [-0.3, -0.25) is 4.79 Å². The second-order valence-corrected chi connectivity index (χ2v) is 2.68. The molecule has 15 heavy (non-hydrogen) atoms. The molecule has 0 saturated heterocycles. The van der Waals surface area contributed by atoms with Gasteiger partial charge in [-0.2, -0.15) is 0 Å². The summed E-state index contributed by atoms with van der Waals surface area (Å²) in [7, 11) is 0. The lowest BCUT2D eigenvalue weighted by Gasteiger charge is -1.89. The van der Waals surface area contributed by atoms with E-state index >= 15 is 0 Å². The summed E-state index contributed by atoms with van der Waals surface area (Å²) in [6.07, 6.45) is 1.52. The summed E-state index contributed by atoms with van der Waals surface area (Å²) < 4.78 is 4.61. The fraction of sp³-hybridized carbons (Fsp3) is 0.100. The van der Waals surface area contributed by atoms with E-state index in [0.717, 1.165) is 18.2 Å². The van der Waals surface area contributed by atoms with Crippen LogP contribution in [-0.4, -0.2) is 21.4 Å². The largest absolute Gasteiger partial charge is 0.481 e. The molecule has 0 radical (unpaired) electrons. The van der Waals surface area contributed by atoms with Gasteiger partial charge in [-0.05, 0) is 0 Å². The van der Waals surface area contributed by atoms with E-state index in [-0.39, 0.29) is 0 Å². The Hall–Kier alpha value is -2.17. The zero-order valence-electron chi connectivity index (χ0n) is 8.12. The first-order valence-electron chi connectivity index (χ1n) is 4.22. The van der Waals surface area contributed by atoms with Crippen LogP contribution < -0.4 is 0 Å². The highest BCUT2D eigenvalue weighted by Crippen LogP contribution is 2.13. The molecular weight excluding hydrogens is 196 g/mol. The predicted molar refractivity (Wildman–Crippen MR) is 53.0 cm³/mol. The lowest BCUT2D eigenvalue weighted by molar-refractivity contribution is -0.134. The van der Waals surface area contributed by atoms with Crippen molar-refractivity contribution in [3.8, 4) is 11.3 Å². The molecule has 78 valence electrons. The standard InChI is InChI=1S/C8H6N2O.C2H4O2/c1-2-4-7(5-3-1)8-6-11-10-9-8;1-2(3)4/h1-6H;1H3,(H,3,4). The monoisotopic (exact) mass is 206 g/mol. The van der Waals surface area contributed by atoms with Gasteiger partial charge < -0.3 is 9.63 Å². The molecule has 2 aromatic rings. The Labute approximate surface area is 86.3 Å². The molecule has 1 heterocycles. The van der Waals surface area contributed by atoms with Crippen LogP contribution in [-0.2, 0) is 4.79 Å². The summed E-state index contributed by atoms with van der Waals surface area (Å²) in [5.41, 5.74) is 1.79. The van der Waals surface area contributed by atoms with E-state index < -0.39 is 5.97 Å². The minimum Gasteiger partial charge on any atom is -0.481 e. The number of carboxylic acid groups (broad SMARTS) is 1. The van der Waals surface area contributed by atoms with Gasteiger partial charge in [0.15, 0.2) is 6.26 Å². The lowest BCUT2D eigenvalue weighted by atomic mass is 10.2. The van der Waals surface area contributed by atoms with Crippen LogP contribution in [0.5, 0.6) is 0 Å². The number of carboxylic acids is 1. The van der Waals surface area contributed by atoms with Crippen LogP contribution in [0.25, 0.3) is 11.3 Å². The van der Waals surface area contributed by atoms with Crippen molar-refractivity contribution in [2.75, 3.05) is 0 Å². The number of rotatable bonds is 1. The molecule has 1 N–H and O–H groups in total. The van der Waals surface area contributed by atoms with Crippen LogP contribution in [0.2, 0.25) is 0 Å². The third kappa shape index (κ3) is 4.04. The molecule has 5 heteroatoms. The Morgan fingerprint density at radius 2 is 1.93 bits per heavy atom. The molecule has 0 spiro atoms. The summed E-state index contributed by atoms with van der Waals surface area (Å²) in [6, 6.07) is 9.77. The van der Waals surface area contributed by atoms with E-state index in [1.807, 2.05) is 30.3 Å². The predicted octanol–water partition coefficient (Wildman–Crippen LogP) is 1.83. The third-order valence-electron chi connectivity index (χ3n) is 1.43. The van der Waals surface area contributed by atoms with Gasteiger partial charge in [0.2, 0.25) is 0 Å². The average Bonchev–Trinajstić information content (AvgIpc) is 2.71. The molecule has 0 saturated carbocycles. The van der Waals surface area contributed by atoms with Crippen LogP contribution in [0.1, 0.15) is 6.92 Å². The van der Waals surface area contributed by atoms with Gasteiger partial charge in [0, 0.05) is 17.8 Å². The normalized spacial score (nSPS) is 8.87. The zero-order valence-corrected chi connectivity index (χ0v) is 8.12. The second kappa shape index (κ2) is 5.54. The first-order valence-corrected chi connectivity index (χ1v) is 4.22. The van der Waals surface area contributed by atoms with E-state index in [0.29, 0.717) is 0 Å². The van der Waals surface area contributed by atoms with Crippen molar-refractivity contribution in [3.63, 3.8) is 0 Å². The van der Waals surface area contributed by atoms with E-state index in [4.69, 9.17) is 9.90 Å². The number of carbonyl (C=O) groups is 1. The van der Waals surface area contributed by atoms with Gasteiger partial charge in [0.1, 0.15) is 5.69 Å². The highest BCUT2D eigenvalue weighted by atomic mass is 16.5. The molecule has 2 rings (SSSR count). The lowest BCUT2D eigenvalue weighted by Crippen LogP contribution is -1.78. The maximum absolute atomic E-state index is 9.00. The Morgan fingerprint density at radius 3 is 2.40 bits per heavy atom. The molecule has 0 unspecified atom stereocenters. The molecule has 5 nitrogen and oxygen atoms in total. The van der Waals surface area contributed by atoms with Crippen molar-refractivity contribution in [3.05, 3.63) is 36.6 Å². The number of benzene rings is 1.